The van der Waals surface area contributed by atoms with Gasteiger partial charge in [-0.2, -0.15) is 10.1 Å². The predicted octanol–water partition coefficient (Wildman–Crippen LogP) is 2.43. The standard InChI is InChI=1S/C21H30N6O2/c1-26-14-18(11-24-26)21(28)23-10-16-6-8-27(9-7-16)19-12-22-13-20(25-19)29-15-17-4-2-3-5-17/h11-14,16-17H,2-10,15H2,1H3,(H,23,28). The Morgan fingerprint density at radius 3 is 2.66 bits per heavy atom. The Morgan fingerprint density at radius 2 is 1.93 bits per heavy atom. The highest BCUT2D eigenvalue weighted by Crippen LogP contribution is 2.26. The number of aromatic nitrogens is 4. The maximum Gasteiger partial charge on any atom is 0.254 e. The van der Waals surface area contributed by atoms with Crippen molar-refractivity contribution in [3.05, 3.63) is 30.4 Å². The van der Waals surface area contributed by atoms with Crippen molar-refractivity contribution in [1.29, 1.82) is 0 Å². The minimum absolute atomic E-state index is 0.0569. The van der Waals surface area contributed by atoms with Gasteiger partial charge in [0, 0.05) is 32.9 Å². The highest BCUT2D eigenvalue weighted by molar-refractivity contribution is 5.93. The molecule has 1 N–H and O–H groups in total. The number of carbonyl (C=O) groups excluding carboxylic acids is 1. The largest absolute Gasteiger partial charge is 0.476 e. The summed E-state index contributed by atoms with van der Waals surface area (Å²) in [7, 11) is 1.81. The summed E-state index contributed by atoms with van der Waals surface area (Å²) < 4.78 is 7.54. The van der Waals surface area contributed by atoms with Crippen molar-refractivity contribution < 1.29 is 9.53 Å². The number of rotatable bonds is 7. The zero-order valence-corrected chi connectivity index (χ0v) is 17.1. The van der Waals surface area contributed by atoms with Crippen LogP contribution in [0.5, 0.6) is 5.88 Å². The van der Waals surface area contributed by atoms with Gasteiger partial charge in [-0.1, -0.05) is 12.8 Å². The van der Waals surface area contributed by atoms with Gasteiger partial charge in [-0.05, 0) is 37.5 Å². The molecule has 2 aliphatic rings. The lowest BCUT2D eigenvalue weighted by atomic mass is 9.97. The molecule has 1 aliphatic carbocycles. The van der Waals surface area contributed by atoms with Crippen LogP contribution < -0.4 is 15.0 Å². The summed E-state index contributed by atoms with van der Waals surface area (Å²) in [4.78, 5) is 23.4. The zero-order valence-electron chi connectivity index (χ0n) is 17.1. The molecule has 0 spiro atoms. The maximum atomic E-state index is 12.2. The molecule has 1 saturated heterocycles. The number of carbonyl (C=O) groups is 1. The number of nitrogens with zero attached hydrogens (tertiary/aromatic N) is 5. The average molecular weight is 399 g/mol. The van der Waals surface area contributed by atoms with Gasteiger partial charge in [-0.15, -0.1) is 0 Å². The monoisotopic (exact) mass is 398 g/mol. The van der Waals surface area contributed by atoms with E-state index in [1.165, 1.54) is 25.7 Å². The van der Waals surface area contributed by atoms with Gasteiger partial charge in [0.2, 0.25) is 5.88 Å². The third-order valence-corrected chi connectivity index (χ3v) is 6.00. The van der Waals surface area contributed by atoms with Gasteiger partial charge in [0.25, 0.3) is 5.91 Å². The lowest BCUT2D eigenvalue weighted by Gasteiger charge is -2.32. The van der Waals surface area contributed by atoms with Crippen LogP contribution in [-0.4, -0.2) is 51.9 Å². The molecule has 4 rings (SSSR count). The summed E-state index contributed by atoms with van der Waals surface area (Å²) in [5.74, 6) is 2.59. The van der Waals surface area contributed by atoms with Gasteiger partial charge in [0.1, 0.15) is 0 Å². The Bertz CT molecular complexity index is 809. The summed E-state index contributed by atoms with van der Waals surface area (Å²) in [5.41, 5.74) is 0.606. The molecular weight excluding hydrogens is 368 g/mol. The Labute approximate surface area is 171 Å². The highest BCUT2D eigenvalue weighted by atomic mass is 16.5. The quantitative estimate of drug-likeness (QED) is 0.771. The number of piperidine rings is 1. The molecular formula is C21H30N6O2. The number of ether oxygens (including phenoxy) is 1. The van der Waals surface area contributed by atoms with Crippen molar-refractivity contribution in [2.45, 2.75) is 38.5 Å². The van der Waals surface area contributed by atoms with Crippen molar-refractivity contribution in [3.63, 3.8) is 0 Å². The van der Waals surface area contributed by atoms with Gasteiger partial charge >= 0.3 is 0 Å². The Balaban J connectivity index is 1.22. The first-order chi connectivity index (χ1) is 14.2. The summed E-state index contributed by atoms with van der Waals surface area (Å²) in [5, 5.41) is 7.07. The molecule has 0 aromatic carbocycles. The molecule has 156 valence electrons. The third kappa shape index (κ3) is 5.25. The summed E-state index contributed by atoms with van der Waals surface area (Å²) in [6.07, 6.45) is 14.0. The fourth-order valence-electron chi connectivity index (χ4n) is 4.18. The number of hydrogen-bond donors (Lipinski definition) is 1. The van der Waals surface area contributed by atoms with Crippen LogP contribution >= 0.6 is 0 Å². The van der Waals surface area contributed by atoms with Gasteiger partial charge in [-0.3, -0.25) is 14.5 Å². The van der Waals surface area contributed by atoms with E-state index in [-0.39, 0.29) is 5.91 Å². The van der Waals surface area contributed by atoms with Gasteiger partial charge < -0.3 is 15.0 Å². The molecule has 1 amide bonds. The van der Waals surface area contributed by atoms with Crippen LogP contribution in [0.25, 0.3) is 0 Å². The van der Waals surface area contributed by atoms with E-state index in [0.717, 1.165) is 38.4 Å². The molecule has 0 radical (unpaired) electrons. The second-order valence-electron chi connectivity index (χ2n) is 8.22. The van der Waals surface area contributed by atoms with Gasteiger partial charge in [-0.25, -0.2) is 0 Å². The summed E-state index contributed by atoms with van der Waals surface area (Å²) in [6, 6.07) is 0. The molecule has 8 nitrogen and oxygen atoms in total. The normalized spacial score (nSPS) is 18.2. The molecule has 0 atom stereocenters. The fraction of sp³-hybridized carbons (Fsp3) is 0.619. The smallest absolute Gasteiger partial charge is 0.254 e. The third-order valence-electron chi connectivity index (χ3n) is 6.00. The Hall–Kier alpha value is -2.64. The first kappa shape index (κ1) is 19.7. The van der Waals surface area contributed by atoms with Gasteiger partial charge in [0.15, 0.2) is 5.82 Å². The first-order valence-electron chi connectivity index (χ1n) is 10.6. The lowest BCUT2D eigenvalue weighted by molar-refractivity contribution is 0.0945. The maximum absolute atomic E-state index is 12.2. The van der Waals surface area contributed by atoms with Crippen LogP contribution in [0.1, 0.15) is 48.9 Å². The van der Waals surface area contributed by atoms with Crippen molar-refractivity contribution in [2.24, 2.45) is 18.9 Å². The van der Waals surface area contributed by atoms with E-state index in [9.17, 15) is 4.79 Å². The van der Waals surface area contributed by atoms with E-state index in [2.05, 4.69) is 25.3 Å². The zero-order chi connectivity index (χ0) is 20.1. The molecule has 1 aliphatic heterocycles. The molecule has 2 fully saturated rings. The van der Waals surface area contributed by atoms with Crippen LogP contribution in [-0.2, 0) is 7.05 Å². The van der Waals surface area contributed by atoms with Crippen LogP contribution in [0.4, 0.5) is 5.82 Å². The molecule has 29 heavy (non-hydrogen) atoms. The molecule has 3 heterocycles. The number of amides is 1. The number of aryl methyl sites for hydroxylation is 1. The van der Waals surface area contributed by atoms with Crippen molar-refractivity contribution in [2.75, 3.05) is 31.1 Å². The molecule has 0 unspecified atom stereocenters. The fourth-order valence-corrected chi connectivity index (χ4v) is 4.18. The molecule has 8 heteroatoms. The number of nitrogens with one attached hydrogen (secondary N) is 1. The van der Waals surface area contributed by atoms with E-state index in [1.54, 1.807) is 23.3 Å². The van der Waals surface area contributed by atoms with Crippen LogP contribution in [0.3, 0.4) is 0 Å². The topological polar surface area (TPSA) is 85.2 Å². The molecule has 2 aromatic heterocycles. The van der Waals surface area contributed by atoms with E-state index in [0.29, 0.717) is 29.8 Å². The van der Waals surface area contributed by atoms with E-state index in [4.69, 9.17) is 4.74 Å². The summed E-state index contributed by atoms with van der Waals surface area (Å²) in [6.45, 7) is 3.26. The van der Waals surface area contributed by atoms with Gasteiger partial charge in [0.05, 0.1) is 30.8 Å². The summed E-state index contributed by atoms with van der Waals surface area (Å²) >= 11 is 0. The van der Waals surface area contributed by atoms with Crippen molar-refractivity contribution in [3.8, 4) is 5.88 Å². The number of hydrogen-bond acceptors (Lipinski definition) is 6. The second kappa shape index (κ2) is 9.24. The highest BCUT2D eigenvalue weighted by Gasteiger charge is 2.22. The first-order valence-corrected chi connectivity index (χ1v) is 10.6. The minimum atomic E-state index is -0.0569. The number of anilines is 1. The Morgan fingerprint density at radius 1 is 1.14 bits per heavy atom. The van der Waals surface area contributed by atoms with E-state index >= 15 is 0 Å². The van der Waals surface area contributed by atoms with Crippen molar-refractivity contribution >= 4 is 11.7 Å². The van der Waals surface area contributed by atoms with Crippen LogP contribution in [0, 0.1) is 11.8 Å². The second-order valence-corrected chi connectivity index (χ2v) is 8.22. The Kier molecular flexibility index (Phi) is 6.27. The van der Waals surface area contributed by atoms with Crippen molar-refractivity contribution in [1.82, 2.24) is 25.1 Å². The lowest BCUT2D eigenvalue weighted by Crippen LogP contribution is -2.39. The SMILES string of the molecule is Cn1cc(C(=O)NCC2CCN(c3cncc(OCC4CCCC4)n3)CC2)cn1. The van der Waals surface area contributed by atoms with E-state index in [1.807, 2.05) is 13.2 Å². The van der Waals surface area contributed by atoms with Crippen LogP contribution in [0.15, 0.2) is 24.8 Å². The predicted molar refractivity (Wildman–Crippen MR) is 110 cm³/mol. The minimum Gasteiger partial charge on any atom is -0.476 e. The average Bonchev–Trinajstić information content (AvgIpc) is 3.43. The molecule has 0 bridgehead atoms. The molecule has 2 aromatic rings. The molecule has 1 saturated carbocycles. The van der Waals surface area contributed by atoms with Crippen LogP contribution in [0.2, 0.25) is 0 Å². The van der Waals surface area contributed by atoms with E-state index < -0.39 is 0 Å².